The van der Waals surface area contributed by atoms with Gasteiger partial charge in [0.05, 0.1) is 33.1 Å². The number of thiazole rings is 1. The van der Waals surface area contributed by atoms with Gasteiger partial charge in [-0.1, -0.05) is 58.4 Å². The van der Waals surface area contributed by atoms with Gasteiger partial charge in [-0.2, -0.15) is 0 Å². The summed E-state index contributed by atoms with van der Waals surface area (Å²) in [6.45, 7) is -0.00941. The van der Waals surface area contributed by atoms with E-state index in [1.54, 1.807) is 22.8 Å². The largest absolute Gasteiger partial charge is 0.345 e. The van der Waals surface area contributed by atoms with Crippen molar-refractivity contribution < 1.29 is 14.0 Å². The molecule has 3 aromatic carbocycles. The van der Waals surface area contributed by atoms with Crippen LogP contribution in [-0.2, 0) is 11.3 Å². The zero-order chi connectivity index (χ0) is 26.6. The van der Waals surface area contributed by atoms with Crippen LogP contribution >= 0.6 is 46.3 Å². The molecule has 38 heavy (non-hydrogen) atoms. The number of aromatic nitrogens is 4. The summed E-state index contributed by atoms with van der Waals surface area (Å²) in [7, 11) is 0. The molecule has 0 aliphatic carbocycles. The number of para-hydroxylation sites is 1. The van der Waals surface area contributed by atoms with Gasteiger partial charge in [-0.3, -0.25) is 14.2 Å². The Kier molecular flexibility index (Phi) is 7.89. The lowest BCUT2D eigenvalue weighted by Gasteiger charge is -2.11. The molecule has 2 heterocycles. The predicted octanol–water partition coefficient (Wildman–Crippen LogP) is 5.98. The fourth-order valence-corrected chi connectivity index (χ4v) is 5.52. The van der Waals surface area contributed by atoms with E-state index in [0.29, 0.717) is 26.8 Å². The molecule has 2 amide bonds. The lowest BCUT2D eigenvalue weighted by Crippen LogP contribution is -2.25. The lowest BCUT2D eigenvalue weighted by molar-refractivity contribution is -0.113. The molecule has 0 unspecified atom stereocenters. The van der Waals surface area contributed by atoms with Crippen LogP contribution in [0.4, 0.5) is 9.52 Å². The number of carbonyl (C=O) groups is 2. The summed E-state index contributed by atoms with van der Waals surface area (Å²) in [4.78, 5) is 29.8. The third kappa shape index (κ3) is 5.97. The number of hydrogen-bond acceptors (Lipinski definition) is 7. The quantitative estimate of drug-likeness (QED) is 0.217. The molecule has 0 saturated heterocycles. The van der Waals surface area contributed by atoms with E-state index in [4.69, 9.17) is 23.2 Å². The topological polar surface area (TPSA) is 102 Å². The van der Waals surface area contributed by atoms with Crippen LogP contribution in [0.5, 0.6) is 0 Å². The molecule has 8 nitrogen and oxygen atoms in total. The number of rotatable bonds is 8. The van der Waals surface area contributed by atoms with Crippen LogP contribution in [0.1, 0.15) is 16.2 Å². The van der Waals surface area contributed by atoms with Gasteiger partial charge in [0.15, 0.2) is 16.1 Å². The number of halogens is 3. The molecule has 192 valence electrons. The zero-order valence-corrected chi connectivity index (χ0v) is 22.5. The Hall–Kier alpha value is -3.51. The number of amides is 2. The van der Waals surface area contributed by atoms with Crippen molar-refractivity contribution in [2.24, 2.45) is 0 Å². The minimum atomic E-state index is -0.449. The molecule has 0 radical (unpaired) electrons. The molecular formula is C25H17Cl2FN6O2S2. The van der Waals surface area contributed by atoms with E-state index in [0.717, 1.165) is 22.0 Å². The molecule has 5 aromatic rings. The van der Waals surface area contributed by atoms with Gasteiger partial charge >= 0.3 is 0 Å². The first-order valence-corrected chi connectivity index (χ1v) is 13.6. The molecule has 0 bridgehead atoms. The predicted molar refractivity (Wildman–Crippen MR) is 148 cm³/mol. The monoisotopic (exact) mass is 586 g/mol. The third-order valence-electron chi connectivity index (χ3n) is 5.24. The first kappa shape index (κ1) is 26.1. The SMILES string of the molecule is O=C(CSc1nnc(CNC(=O)c2cc(Cl)ccc2Cl)n1-c1ccc(F)cc1)Nc1nc2ccccc2s1. The van der Waals surface area contributed by atoms with Gasteiger partial charge < -0.3 is 10.6 Å². The molecule has 0 atom stereocenters. The summed E-state index contributed by atoms with van der Waals surface area (Å²) in [6, 6.07) is 17.9. The van der Waals surface area contributed by atoms with Gasteiger partial charge in [0.25, 0.3) is 5.91 Å². The van der Waals surface area contributed by atoms with Gasteiger partial charge in [-0.15, -0.1) is 10.2 Å². The van der Waals surface area contributed by atoms with Crippen molar-refractivity contribution in [2.45, 2.75) is 11.7 Å². The van der Waals surface area contributed by atoms with Crippen molar-refractivity contribution >= 4 is 73.5 Å². The van der Waals surface area contributed by atoms with Crippen molar-refractivity contribution in [3.8, 4) is 5.69 Å². The molecule has 0 spiro atoms. The minimum absolute atomic E-state index is 0.00941. The van der Waals surface area contributed by atoms with E-state index in [-0.39, 0.29) is 28.8 Å². The van der Waals surface area contributed by atoms with Crippen molar-refractivity contribution in [1.82, 2.24) is 25.1 Å². The van der Waals surface area contributed by atoms with E-state index < -0.39 is 11.7 Å². The Labute approximate surface area is 234 Å². The fraction of sp³-hybridized carbons (Fsp3) is 0.0800. The number of thioether (sulfide) groups is 1. The minimum Gasteiger partial charge on any atom is -0.345 e. The Morgan fingerprint density at radius 2 is 1.82 bits per heavy atom. The van der Waals surface area contributed by atoms with Gasteiger partial charge in [0.2, 0.25) is 5.91 Å². The standard InChI is InChI=1S/C25H17Cl2FN6O2S2/c26-14-5-10-18(27)17(11-14)23(36)29-12-21-32-33-25(34(21)16-8-6-15(28)7-9-16)37-13-22(35)31-24-30-19-3-1-2-4-20(19)38-24/h1-11H,12-13H2,(H,29,36)(H,30,31,35). The fourth-order valence-electron chi connectivity index (χ4n) is 3.49. The number of hydrogen-bond donors (Lipinski definition) is 2. The highest BCUT2D eigenvalue weighted by Gasteiger charge is 2.19. The summed E-state index contributed by atoms with van der Waals surface area (Å²) in [5.41, 5.74) is 1.59. The molecule has 5 rings (SSSR count). The molecule has 2 N–H and O–H groups in total. The molecule has 13 heteroatoms. The average molecular weight is 587 g/mol. The zero-order valence-electron chi connectivity index (χ0n) is 19.3. The van der Waals surface area contributed by atoms with Crippen LogP contribution in [0.25, 0.3) is 15.9 Å². The molecule has 0 fully saturated rings. The van der Waals surface area contributed by atoms with Crippen LogP contribution in [0.15, 0.2) is 71.9 Å². The Bertz CT molecular complexity index is 1610. The smallest absolute Gasteiger partial charge is 0.253 e. The Morgan fingerprint density at radius 1 is 1.03 bits per heavy atom. The van der Waals surface area contributed by atoms with Gasteiger partial charge in [0.1, 0.15) is 5.82 Å². The maximum absolute atomic E-state index is 13.6. The highest BCUT2D eigenvalue weighted by atomic mass is 35.5. The van der Waals surface area contributed by atoms with Gasteiger partial charge in [-0.05, 0) is 54.6 Å². The first-order valence-electron chi connectivity index (χ1n) is 11.1. The van der Waals surface area contributed by atoms with Crippen LogP contribution in [0, 0.1) is 5.82 Å². The molecule has 0 aliphatic rings. The summed E-state index contributed by atoms with van der Waals surface area (Å²) >= 11 is 14.7. The number of carbonyl (C=O) groups excluding carboxylic acids is 2. The highest BCUT2D eigenvalue weighted by molar-refractivity contribution is 7.99. The van der Waals surface area contributed by atoms with Crippen LogP contribution in [0.2, 0.25) is 10.0 Å². The maximum atomic E-state index is 13.6. The van der Waals surface area contributed by atoms with E-state index in [9.17, 15) is 14.0 Å². The first-order chi connectivity index (χ1) is 18.4. The Morgan fingerprint density at radius 3 is 2.61 bits per heavy atom. The van der Waals surface area contributed by atoms with Crippen LogP contribution in [-0.4, -0.2) is 37.3 Å². The number of nitrogens with zero attached hydrogens (tertiary/aromatic N) is 4. The van der Waals surface area contributed by atoms with Crippen molar-refractivity contribution in [2.75, 3.05) is 11.1 Å². The highest BCUT2D eigenvalue weighted by Crippen LogP contribution is 2.27. The van der Waals surface area contributed by atoms with Gasteiger partial charge in [-0.25, -0.2) is 9.37 Å². The average Bonchev–Trinajstić information content (AvgIpc) is 3.51. The van der Waals surface area contributed by atoms with Crippen molar-refractivity contribution in [1.29, 1.82) is 0 Å². The van der Waals surface area contributed by atoms with Crippen LogP contribution < -0.4 is 10.6 Å². The van der Waals surface area contributed by atoms with Gasteiger partial charge in [0, 0.05) is 10.7 Å². The van der Waals surface area contributed by atoms with E-state index >= 15 is 0 Å². The van der Waals surface area contributed by atoms with E-state index in [1.165, 1.54) is 35.6 Å². The second-order valence-electron chi connectivity index (χ2n) is 7.84. The number of nitrogens with one attached hydrogen (secondary N) is 2. The summed E-state index contributed by atoms with van der Waals surface area (Å²) in [6.07, 6.45) is 0. The number of fused-ring (bicyclic) bond motifs is 1. The van der Waals surface area contributed by atoms with Crippen LogP contribution in [0.3, 0.4) is 0 Å². The summed E-state index contributed by atoms with van der Waals surface area (Å²) in [5, 5.41) is 15.5. The second-order valence-corrected chi connectivity index (χ2v) is 10.7. The van der Waals surface area contributed by atoms with Crippen molar-refractivity contribution in [3.05, 3.63) is 94.0 Å². The second kappa shape index (κ2) is 11.5. The normalized spacial score (nSPS) is 11.0. The summed E-state index contributed by atoms with van der Waals surface area (Å²) in [5.74, 6) is -0.725. The summed E-state index contributed by atoms with van der Waals surface area (Å²) < 4.78 is 16.2. The van der Waals surface area contributed by atoms with Crippen molar-refractivity contribution in [3.63, 3.8) is 0 Å². The molecule has 0 saturated carbocycles. The molecule has 2 aromatic heterocycles. The number of anilines is 1. The number of benzene rings is 3. The maximum Gasteiger partial charge on any atom is 0.253 e. The Balaban J connectivity index is 1.32. The lowest BCUT2D eigenvalue weighted by atomic mass is 10.2. The van der Waals surface area contributed by atoms with E-state index in [1.807, 2.05) is 24.3 Å². The molecular weight excluding hydrogens is 570 g/mol. The van der Waals surface area contributed by atoms with E-state index in [2.05, 4.69) is 25.8 Å². The third-order valence-corrected chi connectivity index (χ3v) is 7.68. The molecule has 0 aliphatic heterocycles.